The van der Waals surface area contributed by atoms with Gasteiger partial charge < -0.3 is 15.0 Å². The van der Waals surface area contributed by atoms with Crippen LogP contribution in [-0.2, 0) is 14.3 Å². The number of esters is 1. The van der Waals surface area contributed by atoms with Crippen molar-refractivity contribution in [2.75, 3.05) is 24.6 Å². The number of nitrogens with one attached hydrogen (secondary N) is 1. The van der Waals surface area contributed by atoms with E-state index in [1.165, 1.54) is 15.5 Å². The van der Waals surface area contributed by atoms with E-state index in [-0.39, 0.29) is 30.3 Å². The molecule has 1 aliphatic rings. The monoisotopic (exact) mass is 358 g/mol. The molecular weight excluding hydrogens is 340 g/mol. The zero-order valence-corrected chi connectivity index (χ0v) is 14.2. The minimum absolute atomic E-state index is 0.0975. The number of fused-ring (bicyclic) bond motifs is 1. The maximum Gasteiger partial charge on any atom is 0.308 e. The first kappa shape index (κ1) is 17.6. The number of anilines is 1. The Labute approximate surface area is 148 Å². The minimum atomic E-state index is -0.903. The Bertz CT molecular complexity index is 923. The van der Waals surface area contributed by atoms with Gasteiger partial charge in [0, 0.05) is 19.3 Å². The zero-order valence-electron chi connectivity index (χ0n) is 14.2. The predicted octanol–water partition coefficient (Wildman–Crippen LogP) is -0.235. The average Bonchev–Trinajstić information content (AvgIpc) is 2.63. The van der Waals surface area contributed by atoms with E-state index in [1.807, 2.05) is 0 Å². The minimum Gasteiger partial charge on any atom is -0.466 e. The van der Waals surface area contributed by atoms with Crippen LogP contribution in [0.3, 0.4) is 0 Å². The number of pyridine rings is 1. The number of amides is 1. The van der Waals surface area contributed by atoms with Gasteiger partial charge in [-0.25, -0.2) is 4.98 Å². The first-order valence-corrected chi connectivity index (χ1v) is 8.23. The molecule has 26 heavy (non-hydrogen) atoms. The molecule has 0 saturated carbocycles. The standard InChI is InChI=1S/C17H18N4O5/c1-2-26-14(23)9-12-16(24)18-6-8-20(12)15-11(10-22)17(25)21-7-4-3-5-13(21)19-15/h3-5,7,10,12H,2,6,8-9H2,1H3,(H,18,24). The third kappa shape index (κ3) is 3.15. The van der Waals surface area contributed by atoms with Gasteiger partial charge in [0.2, 0.25) is 5.91 Å². The summed E-state index contributed by atoms with van der Waals surface area (Å²) in [7, 11) is 0. The van der Waals surface area contributed by atoms with Gasteiger partial charge in [-0.2, -0.15) is 0 Å². The van der Waals surface area contributed by atoms with Crippen LogP contribution in [0.25, 0.3) is 5.65 Å². The van der Waals surface area contributed by atoms with Crippen molar-refractivity contribution in [1.82, 2.24) is 14.7 Å². The molecule has 2 aromatic rings. The van der Waals surface area contributed by atoms with Crippen LogP contribution >= 0.6 is 0 Å². The number of carbonyl (C=O) groups is 3. The molecular formula is C17H18N4O5. The number of hydrogen-bond acceptors (Lipinski definition) is 7. The second-order valence-electron chi connectivity index (χ2n) is 5.71. The summed E-state index contributed by atoms with van der Waals surface area (Å²) >= 11 is 0. The SMILES string of the molecule is CCOC(=O)CC1C(=O)NCCN1c1nc2ccccn2c(=O)c1C=O. The Morgan fingerprint density at radius 2 is 2.23 bits per heavy atom. The number of aromatic nitrogens is 2. The van der Waals surface area contributed by atoms with Crippen molar-refractivity contribution in [1.29, 1.82) is 0 Å². The second kappa shape index (κ2) is 7.34. The van der Waals surface area contributed by atoms with E-state index in [4.69, 9.17) is 4.74 Å². The molecule has 0 aromatic carbocycles. The van der Waals surface area contributed by atoms with Crippen LogP contribution in [0.1, 0.15) is 23.7 Å². The highest BCUT2D eigenvalue weighted by Crippen LogP contribution is 2.21. The maximum atomic E-state index is 12.6. The molecule has 0 aliphatic carbocycles. The lowest BCUT2D eigenvalue weighted by Crippen LogP contribution is -2.57. The van der Waals surface area contributed by atoms with Crippen LogP contribution in [0.5, 0.6) is 0 Å². The number of hydrogen-bond donors (Lipinski definition) is 1. The van der Waals surface area contributed by atoms with Crippen LogP contribution in [-0.4, -0.2) is 53.3 Å². The van der Waals surface area contributed by atoms with Crippen molar-refractivity contribution < 1.29 is 19.1 Å². The van der Waals surface area contributed by atoms with E-state index < -0.39 is 17.6 Å². The van der Waals surface area contributed by atoms with Crippen molar-refractivity contribution in [3.05, 3.63) is 40.3 Å². The molecule has 1 N–H and O–H groups in total. The number of nitrogens with zero attached hydrogens (tertiary/aromatic N) is 3. The van der Waals surface area contributed by atoms with Crippen LogP contribution in [0, 0.1) is 0 Å². The normalized spacial score (nSPS) is 17.0. The average molecular weight is 358 g/mol. The lowest BCUT2D eigenvalue weighted by Gasteiger charge is -2.35. The van der Waals surface area contributed by atoms with Gasteiger partial charge in [0.05, 0.1) is 13.0 Å². The first-order valence-electron chi connectivity index (χ1n) is 8.23. The van der Waals surface area contributed by atoms with Gasteiger partial charge in [-0.15, -0.1) is 0 Å². The van der Waals surface area contributed by atoms with Gasteiger partial charge in [0.25, 0.3) is 5.56 Å². The third-order valence-electron chi connectivity index (χ3n) is 4.13. The van der Waals surface area contributed by atoms with E-state index >= 15 is 0 Å². The third-order valence-corrected chi connectivity index (χ3v) is 4.13. The van der Waals surface area contributed by atoms with Crippen molar-refractivity contribution in [3.63, 3.8) is 0 Å². The molecule has 1 atom stereocenters. The Kier molecular flexibility index (Phi) is 4.97. The number of rotatable bonds is 5. The van der Waals surface area contributed by atoms with Crippen LogP contribution < -0.4 is 15.8 Å². The van der Waals surface area contributed by atoms with Crippen LogP contribution in [0.2, 0.25) is 0 Å². The van der Waals surface area contributed by atoms with Gasteiger partial charge in [0.15, 0.2) is 6.29 Å². The van der Waals surface area contributed by atoms with Crippen molar-refractivity contribution in [2.24, 2.45) is 0 Å². The van der Waals surface area contributed by atoms with E-state index in [1.54, 1.807) is 25.1 Å². The van der Waals surface area contributed by atoms with Gasteiger partial charge in [-0.3, -0.25) is 23.6 Å². The summed E-state index contributed by atoms with van der Waals surface area (Å²) in [5.74, 6) is -0.818. The summed E-state index contributed by atoms with van der Waals surface area (Å²) in [4.78, 5) is 54.3. The molecule has 1 saturated heterocycles. The van der Waals surface area contributed by atoms with Gasteiger partial charge in [-0.05, 0) is 19.1 Å². The molecule has 2 aromatic heterocycles. The summed E-state index contributed by atoms with van der Waals surface area (Å²) in [6, 6.07) is 4.09. The summed E-state index contributed by atoms with van der Waals surface area (Å²) < 4.78 is 6.19. The summed E-state index contributed by atoms with van der Waals surface area (Å²) in [6.45, 7) is 2.49. The van der Waals surface area contributed by atoms with E-state index in [9.17, 15) is 19.2 Å². The summed E-state index contributed by atoms with van der Waals surface area (Å²) in [5.41, 5.74) is -0.335. The fourth-order valence-electron chi connectivity index (χ4n) is 2.96. The lowest BCUT2D eigenvalue weighted by atomic mass is 10.1. The number of aldehydes is 1. The molecule has 3 rings (SSSR count). The van der Waals surface area contributed by atoms with E-state index in [0.717, 1.165) is 0 Å². The molecule has 9 nitrogen and oxygen atoms in total. The molecule has 136 valence electrons. The number of carbonyl (C=O) groups excluding carboxylic acids is 3. The first-order chi connectivity index (χ1) is 12.6. The molecule has 9 heteroatoms. The van der Waals surface area contributed by atoms with Crippen molar-refractivity contribution >= 4 is 29.6 Å². The largest absolute Gasteiger partial charge is 0.466 e. The van der Waals surface area contributed by atoms with Crippen LogP contribution in [0.4, 0.5) is 5.82 Å². The molecule has 1 aliphatic heterocycles. The van der Waals surface area contributed by atoms with Gasteiger partial charge in [-0.1, -0.05) is 6.07 Å². The molecule has 3 heterocycles. The quantitative estimate of drug-likeness (QED) is 0.580. The predicted molar refractivity (Wildman–Crippen MR) is 92.2 cm³/mol. The Morgan fingerprint density at radius 1 is 1.42 bits per heavy atom. The Balaban J connectivity index is 2.10. The molecule has 1 fully saturated rings. The molecule has 1 unspecified atom stereocenters. The van der Waals surface area contributed by atoms with Gasteiger partial charge in [0.1, 0.15) is 23.1 Å². The fourth-order valence-corrected chi connectivity index (χ4v) is 2.96. The van der Waals surface area contributed by atoms with Crippen molar-refractivity contribution in [3.8, 4) is 0 Å². The maximum absolute atomic E-state index is 12.6. The van der Waals surface area contributed by atoms with Gasteiger partial charge >= 0.3 is 5.97 Å². The number of ether oxygens (including phenoxy) is 1. The topological polar surface area (TPSA) is 110 Å². The Hall–Kier alpha value is -3.23. The smallest absolute Gasteiger partial charge is 0.308 e. The van der Waals surface area contributed by atoms with Crippen LogP contribution in [0.15, 0.2) is 29.2 Å². The molecule has 0 bridgehead atoms. The zero-order chi connectivity index (χ0) is 18.7. The highest BCUT2D eigenvalue weighted by molar-refractivity contribution is 5.92. The highest BCUT2D eigenvalue weighted by atomic mass is 16.5. The molecule has 0 spiro atoms. The fraction of sp³-hybridized carbons (Fsp3) is 0.353. The van der Waals surface area contributed by atoms with E-state index in [2.05, 4.69) is 10.3 Å². The van der Waals surface area contributed by atoms with Crippen molar-refractivity contribution in [2.45, 2.75) is 19.4 Å². The Morgan fingerprint density at radius 3 is 2.96 bits per heavy atom. The molecule has 0 radical (unpaired) electrons. The number of piperazine rings is 1. The second-order valence-corrected chi connectivity index (χ2v) is 5.71. The van der Waals surface area contributed by atoms with E-state index in [0.29, 0.717) is 25.0 Å². The molecule has 1 amide bonds. The summed E-state index contributed by atoms with van der Waals surface area (Å²) in [5, 5.41) is 2.68. The highest BCUT2D eigenvalue weighted by Gasteiger charge is 2.35. The lowest BCUT2D eigenvalue weighted by molar-refractivity contribution is -0.145. The summed E-state index contributed by atoms with van der Waals surface area (Å²) in [6.07, 6.45) is 1.74.